The van der Waals surface area contributed by atoms with Gasteiger partial charge in [-0.3, -0.25) is 9.97 Å². The van der Waals surface area contributed by atoms with Crippen molar-refractivity contribution in [2.24, 2.45) is 0 Å². The van der Waals surface area contributed by atoms with Crippen molar-refractivity contribution in [3.63, 3.8) is 0 Å². The van der Waals surface area contributed by atoms with Crippen molar-refractivity contribution in [2.75, 3.05) is 12.4 Å². The predicted octanol–water partition coefficient (Wildman–Crippen LogP) is 2.77. The van der Waals surface area contributed by atoms with E-state index in [1.165, 1.54) is 7.11 Å². The number of esters is 1. The van der Waals surface area contributed by atoms with Crippen LogP contribution in [0, 0.1) is 6.92 Å². The van der Waals surface area contributed by atoms with Crippen LogP contribution in [0.2, 0.25) is 0 Å². The number of carbonyl (C=O) groups is 1. The normalized spacial score (nSPS) is 10.2. The van der Waals surface area contributed by atoms with Crippen LogP contribution in [-0.4, -0.2) is 33.0 Å². The molecule has 2 heterocycles. The van der Waals surface area contributed by atoms with Gasteiger partial charge in [-0.1, -0.05) is 6.07 Å². The van der Waals surface area contributed by atoms with Crippen LogP contribution in [0.4, 0.5) is 11.6 Å². The summed E-state index contributed by atoms with van der Waals surface area (Å²) in [7, 11) is 1.35. The lowest BCUT2D eigenvalue weighted by Gasteiger charge is -2.10. The molecule has 0 bridgehead atoms. The molecule has 0 saturated carbocycles. The van der Waals surface area contributed by atoms with Crippen molar-refractivity contribution in [3.05, 3.63) is 60.2 Å². The number of carbonyl (C=O) groups excluding carboxylic acids is 1. The highest BCUT2D eigenvalue weighted by Gasteiger charge is 2.10. The van der Waals surface area contributed by atoms with Gasteiger partial charge in [0.05, 0.1) is 24.6 Å². The molecule has 0 radical (unpaired) electrons. The molecule has 1 N–H and O–H groups in total. The second-order valence-corrected chi connectivity index (χ2v) is 5.00. The maximum absolute atomic E-state index is 11.7. The van der Waals surface area contributed by atoms with Crippen molar-refractivity contribution in [1.29, 1.82) is 0 Å². The van der Waals surface area contributed by atoms with E-state index in [0.29, 0.717) is 22.9 Å². The topological polar surface area (TPSA) is 89.9 Å². The standard InChI is InChI=1S/C17H15N5O2/c1-11-3-4-12(16(23)24-2)9-14(11)22-17-20-6-5-13(21-17)15-10-18-7-8-19-15/h3-10H,1-2H3,(H,20,21,22). The Balaban J connectivity index is 1.90. The van der Waals surface area contributed by atoms with Gasteiger partial charge in [0.15, 0.2) is 0 Å². The number of nitrogens with one attached hydrogen (secondary N) is 1. The molecule has 2 aromatic heterocycles. The van der Waals surface area contributed by atoms with Gasteiger partial charge < -0.3 is 10.1 Å². The summed E-state index contributed by atoms with van der Waals surface area (Å²) in [4.78, 5) is 28.6. The van der Waals surface area contributed by atoms with Crippen molar-refractivity contribution < 1.29 is 9.53 Å². The van der Waals surface area contributed by atoms with Gasteiger partial charge in [0.1, 0.15) is 5.69 Å². The van der Waals surface area contributed by atoms with Crippen LogP contribution in [0.25, 0.3) is 11.4 Å². The van der Waals surface area contributed by atoms with Crippen molar-refractivity contribution in [3.8, 4) is 11.4 Å². The first kappa shape index (κ1) is 15.5. The van der Waals surface area contributed by atoms with Gasteiger partial charge in [0.25, 0.3) is 0 Å². The molecule has 0 amide bonds. The molecular formula is C17H15N5O2. The molecule has 0 spiro atoms. The Morgan fingerprint density at radius 1 is 1.08 bits per heavy atom. The molecular weight excluding hydrogens is 306 g/mol. The molecule has 3 aromatic rings. The molecule has 0 unspecified atom stereocenters. The van der Waals surface area contributed by atoms with E-state index in [2.05, 4.69) is 25.3 Å². The maximum atomic E-state index is 11.7. The molecule has 3 rings (SSSR count). The summed E-state index contributed by atoms with van der Waals surface area (Å²) in [6, 6.07) is 7.01. The first-order valence-corrected chi connectivity index (χ1v) is 7.23. The molecule has 120 valence electrons. The molecule has 24 heavy (non-hydrogen) atoms. The number of hydrogen-bond acceptors (Lipinski definition) is 7. The summed E-state index contributed by atoms with van der Waals surface area (Å²) in [6.07, 6.45) is 6.48. The minimum absolute atomic E-state index is 0.396. The van der Waals surface area contributed by atoms with Crippen LogP contribution in [0.3, 0.4) is 0 Å². The van der Waals surface area contributed by atoms with E-state index in [9.17, 15) is 4.79 Å². The van der Waals surface area contributed by atoms with Crippen LogP contribution >= 0.6 is 0 Å². The Kier molecular flexibility index (Phi) is 4.42. The number of nitrogens with zero attached hydrogens (tertiary/aromatic N) is 4. The van der Waals surface area contributed by atoms with Crippen LogP contribution in [0.5, 0.6) is 0 Å². The zero-order chi connectivity index (χ0) is 16.9. The summed E-state index contributed by atoms with van der Waals surface area (Å²) in [5.41, 5.74) is 3.45. The van der Waals surface area contributed by atoms with Crippen LogP contribution in [-0.2, 0) is 4.74 Å². The van der Waals surface area contributed by atoms with Gasteiger partial charge in [0, 0.05) is 24.3 Å². The van der Waals surface area contributed by atoms with E-state index >= 15 is 0 Å². The molecule has 0 fully saturated rings. The van der Waals surface area contributed by atoms with Crippen LogP contribution in [0.1, 0.15) is 15.9 Å². The highest BCUT2D eigenvalue weighted by molar-refractivity contribution is 5.91. The Morgan fingerprint density at radius 2 is 1.96 bits per heavy atom. The number of hydrogen-bond donors (Lipinski definition) is 1. The van der Waals surface area contributed by atoms with E-state index < -0.39 is 5.97 Å². The Morgan fingerprint density at radius 3 is 2.71 bits per heavy atom. The molecule has 0 atom stereocenters. The fraction of sp³-hybridized carbons (Fsp3) is 0.118. The minimum Gasteiger partial charge on any atom is -0.465 e. The molecule has 1 aromatic carbocycles. The zero-order valence-corrected chi connectivity index (χ0v) is 13.2. The van der Waals surface area contributed by atoms with Crippen molar-refractivity contribution >= 4 is 17.6 Å². The average Bonchev–Trinajstić information content (AvgIpc) is 2.64. The lowest BCUT2D eigenvalue weighted by molar-refractivity contribution is 0.0601. The Hall–Kier alpha value is -3.35. The number of rotatable bonds is 4. The predicted molar refractivity (Wildman–Crippen MR) is 88.9 cm³/mol. The molecule has 0 aliphatic rings. The lowest BCUT2D eigenvalue weighted by Crippen LogP contribution is -2.04. The molecule has 0 aliphatic carbocycles. The Bertz CT molecular complexity index is 868. The van der Waals surface area contributed by atoms with E-state index in [1.54, 1.807) is 43.0 Å². The van der Waals surface area contributed by atoms with Crippen LogP contribution < -0.4 is 5.32 Å². The molecule has 7 nitrogen and oxygen atoms in total. The monoisotopic (exact) mass is 321 g/mol. The molecule has 0 aliphatic heterocycles. The Labute approximate surface area is 138 Å². The van der Waals surface area contributed by atoms with Gasteiger partial charge in [0.2, 0.25) is 5.95 Å². The number of aromatic nitrogens is 4. The second-order valence-electron chi connectivity index (χ2n) is 5.00. The van der Waals surface area contributed by atoms with E-state index in [0.717, 1.165) is 11.3 Å². The molecule has 0 saturated heterocycles. The van der Waals surface area contributed by atoms with Crippen LogP contribution in [0.15, 0.2) is 49.1 Å². The number of ether oxygens (including phenoxy) is 1. The van der Waals surface area contributed by atoms with Crippen molar-refractivity contribution in [1.82, 2.24) is 19.9 Å². The largest absolute Gasteiger partial charge is 0.465 e. The first-order chi connectivity index (χ1) is 11.7. The highest BCUT2D eigenvalue weighted by atomic mass is 16.5. The fourth-order valence-electron chi connectivity index (χ4n) is 2.11. The SMILES string of the molecule is COC(=O)c1ccc(C)c(Nc2nccc(-c3cnccn3)n2)c1. The third-order valence-electron chi connectivity index (χ3n) is 3.39. The van der Waals surface area contributed by atoms with E-state index in [4.69, 9.17) is 4.74 Å². The average molecular weight is 321 g/mol. The van der Waals surface area contributed by atoms with Gasteiger partial charge in [-0.2, -0.15) is 0 Å². The van der Waals surface area contributed by atoms with Gasteiger partial charge >= 0.3 is 5.97 Å². The lowest BCUT2D eigenvalue weighted by atomic mass is 10.1. The quantitative estimate of drug-likeness (QED) is 0.739. The fourth-order valence-corrected chi connectivity index (χ4v) is 2.11. The minimum atomic E-state index is -0.396. The number of benzene rings is 1. The maximum Gasteiger partial charge on any atom is 0.337 e. The molecule has 7 heteroatoms. The smallest absolute Gasteiger partial charge is 0.337 e. The highest BCUT2D eigenvalue weighted by Crippen LogP contribution is 2.22. The third-order valence-corrected chi connectivity index (χ3v) is 3.39. The zero-order valence-electron chi connectivity index (χ0n) is 13.2. The summed E-state index contributed by atoms with van der Waals surface area (Å²) in [5, 5.41) is 3.12. The van der Waals surface area contributed by atoms with Crippen molar-refractivity contribution in [2.45, 2.75) is 6.92 Å². The third kappa shape index (κ3) is 3.35. The summed E-state index contributed by atoms with van der Waals surface area (Å²) in [6.45, 7) is 1.93. The van der Waals surface area contributed by atoms with Gasteiger partial charge in [-0.15, -0.1) is 0 Å². The summed E-state index contributed by atoms with van der Waals surface area (Å²) in [5.74, 6) is 0.00977. The first-order valence-electron chi connectivity index (χ1n) is 7.23. The van der Waals surface area contributed by atoms with Gasteiger partial charge in [-0.05, 0) is 30.7 Å². The second kappa shape index (κ2) is 6.82. The number of aryl methyl sites for hydroxylation is 1. The van der Waals surface area contributed by atoms with E-state index in [-0.39, 0.29) is 0 Å². The number of methoxy groups -OCH3 is 1. The summed E-state index contributed by atoms with van der Waals surface area (Å²) < 4.78 is 4.75. The summed E-state index contributed by atoms with van der Waals surface area (Å²) >= 11 is 0. The number of anilines is 2. The van der Waals surface area contributed by atoms with E-state index in [1.807, 2.05) is 13.0 Å². The van der Waals surface area contributed by atoms with Gasteiger partial charge in [-0.25, -0.2) is 14.8 Å².